The summed E-state index contributed by atoms with van der Waals surface area (Å²) >= 11 is 0. The summed E-state index contributed by atoms with van der Waals surface area (Å²) in [7, 11) is 0. The number of aliphatic carboxylic acids is 1. The summed E-state index contributed by atoms with van der Waals surface area (Å²) in [6, 6.07) is 6.99. The quantitative estimate of drug-likeness (QED) is 0.822. The van der Waals surface area contributed by atoms with E-state index in [1.54, 1.807) is 0 Å². The van der Waals surface area contributed by atoms with Crippen LogP contribution in [0.5, 0.6) is 0 Å². The van der Waals surface area contributed by atoms with Gasteiger partial charge < -0.3 is 10.1 Å². The first-order chi connectivity index (χ1) is 10.2. The van der Waals surface area contributed by atoms with Gasteiger partial charge in [-0.05, 0) is 30.4 Å². The van der Waals surface area contributed by atoms with E-state index in [0.717, 1.165) is 13.0 Å². The van der Waals surface area contributed by atoms with Crippen molar-refractivity contribution in [2.45, 2.75) is 45.2 Å². The van der Waals surface area contributed by atoms with Crippen LogP contribution in [0.4, 0.5) is 0 Å². The van der Waals surface area contributed by atoms with Gasteiger partial charge in [-0.25, -0.2) is 0 Å². The highest BCUT2D eigenvalue weighted by atomic mass is 16.4. The van der Waals surface area contributed by atoms with Crippen LogP contribution in [0, 0.1) is 0 Å². The van der Waals surface area contributed by atoms with E-state index in [-0.39, 0.29) is 6.42 Å². The van der Waals surface area contributed by atoms with Crippen molar-refractivity contribution in [1.82, 2.24) is 9.88 Å². The van der Waals surface area contributed by atoms with Gasteiger partial charge >= 0.3 is 5.97 Å². The number of aromatic amines is 1. The first-order valence-corrected chi connectivity index (χ1v) is 7.72. The third kappa shape index (κ3) is 3.10. The van der Waals surface area contributed by atoms with Gasteiger partial charge in [0.05, 0.1) is 6.42 Å². The van der Waals surface area contributed by atoms with Gasteiger partial charge in [-0.15, -0.1) is 0 Å². The summed E-state index contributed by atoms with van der Waals surface area (Å²) < 4.78 is 0. The zero-order valence-electron chi connectivity index (χ0n) is 12.4. The van der Waals surface area contributed by atoms with Crippen LogP contribution in [0.25, 0.3) is 10.9 Å². The molecule has 4 nitrogen and oxygen atoms in total. The van der Waals surface area contributed by atoms with Crippen LogP contribution in [0.15, 0.2) is 24.4 Å². The molecule has 1 fully saturated rings. The Bertz CT molecular complexity index is 643. The van der Waals surface area contributed by atoms with Crippen LogP contribution >= 0.6 is 0 Å². The molecule has 0 bridgehead atoms. The number of aryl methyl sites for hydroxylation is 1. The Balaban J connectivity index is 1.81. The number of nitrogens with zero attached hydrogens (tertiary/aromatic N) is 1. The molecule has 0 spiro atoms. The fraction of sp³-hybridized carbons (Fsp3) is 0.471. The number of benzene rings is 1. The Morgan fingerprint density at radius 1 is 1.38 bits per heavy atom. The van der Waals surface area contributed by atoms with E-state index in [0.29, 0.717) is 12.6 Å². The van der Waals surface area contributed by atoms with Crippen LogP contribution in [0.2, 0.25) is 0 Å². The number of H-pyrrole nitrogens is 1. The SMILES string of the molecule is CCc1cccc2c(CN(CCC(=O)O)C3CC3)c[nH]c12. The minimum atomic E-state index is -0.715. The maximum absolute atomic E-state index is 10.8. The summed E-state index contributed by atoms with van der Waals surface area (Å²) in [5.74, 6) is -0.715. The highest BCUT2D eigenvalue weighted by molar-refractivity contribution is 5.86. The zero-order valence-corrected chi connectivity index (χ0v) is 12.4. The fourth-order valence-electron chi connectivity index (χ4n) is 2.99. The third-order valence-corrected chi connectivity index (χ3v) is 4.32. The summed E-state index contributed by atoms with van der Waals surface area (Å²) in [6.07, 6.45) is 5.71. The van der Waals surface area contributed by atoms with Gasteiger partial charge in [-0.3, -0.25) is 9.69 Å². The number of hydrogen-bond acceptors (Lipinski definition) is 2. The molecule has 1 heterocycles. The van der Waals surface area contributed by atoms with Crippen molar-refractivity contribution in [3.63, 3.8) is 0 Å². The second-order valence-corrected chi connectivity index (χ2v) is 5.85. The van der Waals surface area contributed by atoms with Crippen LogP contribution in [0.1, 0.15) is 37.3 Å². The second-order valence-electron chi connectivity index (χ2n) is 5.85. The summed E-state index contributed by atoms with van der Waals surface area (Å²) in [5.41, 5.74) is 3.84. The van der Waals surface area contributed by atoms with Gasteiger partial charge in [-0.1, -0.05) is 25.1 Å². The Labute approximate surface area is 124 Å². The average Bonchev–Trinajstić information content (AvgIpc) is 3.24. The maximum atomic E-state index is 10.8. The van der Waals surface area contributed by atoms with Gasteiger partial charge in [0.25, 0.3) is 0 Å². The fourth-order valence-corrected chi connectivity index (χ4v) is 2.99. The molecule has 0 amide bonds. The zero-order chi connectivity index (χ0) is 14.8. The third-order valence-electron chi connectivity index (χ3n) is 4.32. The molecule has 1 saturated carbocycles. The van der Waals surface area contributed by atoms with Gasteiger partial charge in [-0.2, -0.15) is 0 Å². The van der Waals surface area contributed by atoms with E-state index in [1.807, 2.05) is 0 Å². The molecule has 0 aliphatic heterocycles. The van der Waals surface area contributed by atoms with E-state index < -0.39 is 5.97 Å². The summed E-state index contributed by atoms with van der Waals surface area (Å²) in [4.78, 5) is 16.5. The lowest BCUT2D eigenvalue weighted by Crippen LogP contribution is -2.28. The van der Waals surface area contributed by atoms with Gasteiger partial charge in [0.15, 0.2) is 0 Å². The molecule has 1 aliphatic carbocycles. The van der Waals surface area contributed by atoms with Crippen molar-refractivity contribution < 1.29 is 9.90 Å². The van der Waals surface area contributed by atoms with Crippen molar-refractivity contribution in [3.05, 3.63) is 35.5 Å². The number of carboxylic acids is 1. The number of para-hydroxylation sites is 1. The maximum Gasteiger partial charge on any atom is 0.304 e. The van der Waals surface area contributed by atoms with Gasteiger partial charge in [0, 0.05) is 36.2 Å². The van der Waals surface area contributed by atoms with E-state index >= 15 is 0 Å². The normalized spacial score (nSPS) is 15.0. The number of fused-ring (bicyclic) bond motifs is 1. The van der Waals surface area contributed by atoms with Crippen LogP contribution in [-0.2, 0) is 17.8 Å². The molecule has 2 aromatic rings. The molecule has 21 heavy (non-hydrogen) atoms. The van der Waals surface area contributed by atoms with Gasteiger partial charge in [0.2, 0.25) is 0 Å². The number of hydrogen-bond donors (Lipinski definition) is 2. The predicted molar refractivity (Wildman–Crippen MR) is 83.4 cm³/mol. The summed E-state index contributed by atoms with van der Waals surface area (Å²) in [6.45, 7) is 3.64. The molecule has 1 aromatic carbocycles. The molecule has 2 N–H and O–H groups in total. The molecular formula is C17H22N2O2. The van der Waals surface area contributed by atoms with Crippen LogP contribution < -0.4 is 0 Å². The Hall–Kier alpha value is -1.81. The lowest BCUT2D eigenvalue weighted by atomic mass is 10.1. The molecule has 4 heteroatoms. The lowest BCUT2D eigenvalue weighted by molar-refractivity contribution is -0.137. The first kappa shape index (κ1) is 14.1. The minimum absolute atomic E-state index is 0.221. The molecule has 1 aromatic heterocycles. The van der Waals surface area contributed by atoms with Crippen molar-refractivity contribution in [3.8, 4) is 0 Å². The number of nitrogens with one attached hydrogen (secondary N) is 1. The smallest absolute Gasteiger partial charge is 0.304 e. The summed E-state index contributed by atoms with van der Waals surface area (Å²) in [5, 5.41) is 10.2. The van der Waals surface area contributed by atoms with Crippen LogP contribution in [0.3, 0.4) is 0 Å². The second kappa shape index (κ2) is 5.90. The molecule has 0 unspecified atom stereocenters. The van der Waals surface area contributed by atoms with Crippen molar-refractivity contribution in [1.29, 1.82) is 0 Å². The van der Waals surface area contributed by atoms with Crippen LogP contribution in [-0.4, -0.2) is 33.5 Å². The molecule has 0 radical (unpaired) electrons. The van der Waals surface area contributed by atoms with E-state index in [1.165, 1.54) is 34.9 Å². The number of aromatic nitrogens is 1. The topological polar surface area (TPSA) is 56.3 Å². The van der Waals surface area contributed by atoms with Crippen molar-refractivity contribution in [2.24, 2.45) is 0 Å². The molecule has 3 rings (SSSR count). The van der Waals surface area contributed by atoms with Gasteiger partial charge in [0.1, 0.15) is 0 Å². The Kier molecular flexibility index (Phi) is 3.97. The highest BCUT2D eigenvalue weighted by Gasteiger charge is 2.29. The lowest BCUT2D eigenvalue weighted by Gasteiger charge is -2.20. The number of rotatable bonds is 7. The molecule has 1 aliphatic rings. The Morgan fingerprint density at radius 2 is 2.19 bits per heavy atom. The first-order valence-electron chi connectivity index (χ1n) is 7.72. The standard InChI is InChI=1S/C17H22N2O2/c1-2-12-4-3-5-15-13(10-18-17(12)15)11-19(14-6-7-14)9-8-16(20)21/h3-5,10,14,18H,2,6-9,11H2,1H3,(H,20,21). The average molecular weight is 286 g/mol. The molecule has 112 valence electrons. The number of carbonyl (C=O) groups is 1. The Morgan fingerprint density at radius 3 is 2.86 bits per heavy atom. The predicted octanol–water partition coefficient (Wildman–Crippen LogP) is 3.17. The largest absolute Gasteiger partial charge is 0.481 e. The van der Waals surface area contributed by atoms with E-state index in [2.05, 4.69) is 41.2 Å². The monoisotopic (exact) mass is 286 g/mol. The van der Waals surface area contributed by atoms with Crippen molar-refractivity contribution >= 4 is 16.9 Å². The van der Waals surface area contributed by atoms with Crippen molar-refractivity contribution in [2.75, 3.05) is 6.54 Å². The highest BCUT2D eigenvalue weighted by Crippen LogP contribution is 2.30. The molecule has 0 atom stereocenters. The van der Waals surface area contributed by atoms with E-state index in [4.69, 9.17) is 5.11 Å². The van der Waals surface area contributed by atoms with E-state index in [9.17, 15) is 4.79 Å². The number of carboxylic acid groups (broad SMARTS) is 1. The molecule has 0 saturated heterocycles. The minimum Gasteiger partial charge on any atom is -0.481 e. The molecular weight excluding hydrogens is 264 g/mol.